The maximum atomic E-state index is 12.6. The number of nitrogens with zero attached hydrogens (tertiary/aromatic N) is 1. The number of aliphatic hydroxyl groups is 1. The Balaban J connectivity index is 1.37. The first-order valence-electron chi connectivity index (χ1n) is 11.2. The molecule has 182 valence electrons. The van der Waals surface area contributed by atoms with E-state index in [1.165, 1.54) is 12.5 Å². The molecule has 2 unspecified atom stereocenters. The van der Waals surface area contributed by atoms with Crippen molar-refractivity contribution in [3.63, 3.8) is 0 Å². The average molecular weight is 479 g/mol. The highest BCUT2D eigenvalue weighted by Crippen LogP contribution is 2.44. The van der Waals surface area contributed by atoms with Gasteiger partial charge < -0.3 is 30.6 Å². The second-order valence-corrected chi connectivity index (χ2v) is 8.22. The second kappa shape index (κ2) is 10.8. The highest BCUT2D eigenvalue weighted by atomic mass is 16.5. The van der Waals surface area contributed by atoms with Crippen LogP contribution in [-0.2, 0) is 14.3 Å². The molecule has 1 aromatic heterocycles. The van der Waals surface area contributed by atoms with Crippen LogP contribution in [0.2, 0.25) is 0 Å². The summed E-state index contributed by atoms with van der Waals surface area (Å²) in [6.07, 6.45) is 0.501. The fourth-order valence-electron chi connectivity index (χ4n) is 4.20. The van der Waals surface area contributed by atoms with Gasteiger partial charge >= 0.3 is 12.1 Å². The third kappa shape index (κ3) is 5.67. The molecule has 10 heteroatoms. The largest absolute Gasteiger partial charge is 0.481 e. The minimum atomic E-state index is -1.14. The van der Waals surface area contributed by atoms with Crippen LogP contribution < -0.4 is 10.6 Å². The van der Waals surface area contributed by atoms with Crippen molar-refractivity contribution in [2.24, 2.45) is 0 Å². The smallest absolute Gasteiger partial charge is 0.407 e. The molecule has 2 atom stereocenters. The standard InChI is InChI=1S/C25H26N4O6/c30-22(21-11-26-14-28-21)12-27-24(33)20(9-10-23(31)32)29-25(34)35-13-19-17-7-3-1-5-15(17)16-6-2-4-8-18(16)19/h1-8,11,14,19-20,22,30H,9-10,12-13H2,(H,26,28)(H,27,33)(H,29,34)(H,31,32). The Morgan fingerprint density at radius 3 is 2.31 bits per heavy atom. The molecule has 0 saturated carbocycles. The number of nitrogens with one attached hydrogen (secondary N) is 3. The Labute approximate surface area is 201 Å². The molecule has 2 amide bonds. The number of aromatic amines is 1. The van der Waals surface area contributed by atoms with E-state index in [1.807, 2.05) is 48.5 Å². The van der Waals surface area contributed by atoms with Gasteiger partial charge in [0.1, 0.15) is 18.8 Å². The van der Waals surface area contributed by atoms with Crippen molar-refractivity contribution < 1.29 is 29.3 Å². The maximum Gasteiger partial charge on any atom is 0.407 e. The number of benzene rings is 2. The lowest BCUT2D eigenvalue weighted by Crippen LogP contribution is -2.48. The molecule has 1 aliphatic carbocycles. The van der Waals surface area contributed by atoms with Crippen molar-refractivity contribution in [1.29, 1.82) is 0 Å². The van der Waals surface area contributed by atoms with Crippen molar-refractivity contribution in [2.75, 3.05) is 13.2 Å². The Hall–Kier alpha value is -4.18. The maximum absolute atomic E-state index is 12.6. The number of amides is 2. The van der Waals surface area contributed by atoms with Gasteiger partial charge in [0.05, 0.1) is 18.2 Å². The number of H-pyrrole nitrogens is 1. The molecule has 1 aliphatic rings. The summed E-state index contributed by atoms with van der Waals surface area (Å²) in [5.74, 6) is -1.88. The number of carboxylic acids is 1. The highest BCUT2D eigenvalue weighted by molar-refractivity contribution is 5.86. The summed E-state index contributed by atoms with van der Waals surface area (Å²) in [6.45, 7) is -0.0807. The Morgan fingerprint density at radius 1 is 1.06 bits per heavy atom. The summed E-state index contributed by atoms with van der Waals surface area (Å²) in [5, 5.41) is 24.1. The van der Waals surface area contributed by atoms with Crippen LogP contribution in [0.25, 0.3) is 11.1 Å². The summed E-state index contributed by atoms with van der Waals surface area (Å²) in [5.41, 5.74) is 4.69. The summed E-state index contributed by atoms with van der Waals surface area (Å²) < 4.78 is 5.47. The number of aliphatic hydroxyl groups excluding tert-OH is 1. The molecule has 0 radical (unpaired) electrons. The lowest BCUT2D eigenvalue weighted by molar-refractivity contribution is -0.137. The van der Waals surface area contributed by atoms with Gasteiger partial charge in [0.15, 0.2) is 0 Å². The zero-order chi connectivity index (χ0) is 24.8. The summed E-state index contributed by atoms with van der Waals surface area (Å²) in [6, 6.07) is 14.7. The van der Waals surface area contributed by atoms with Crippen molar-refractivity contribution in [2.45, 2.75) is 30.9 Å². The lowest BCUT2D eigenvalue weighted by atomic mass is 9.98. The van der Waals surface area contributed by atoms with Gasteiger partial charge in [0.25, 0.3) is 0 Å². The topological polar surface area (TPSA) is 154 Å². The fraction of sp³-hybridized carbons (Fsp3) is 0.280. The molecule has 10 nitrogen and oxygen atoms in total. The summed E-state index contributed by atoms with van der Waals surface area (Å²) >= 11 is 0. The van der Waals surface area contributed by atoms with Gasteiger partial charge in [-0.3, -0.25) is 9.59 Å². The van der Waals surface area contributed by atoms with Gasteiger partial charge in [-0.2, -0.15) is 0 Å². The van der Waals surface area contributed by atoms with Crippen LogP contribution in [0.15, 0.2) is 61.1 Å². The van der Waals surface area contributed by atoms with Crippen LogP contribution >= 0.6 is 0 Å². The number of aliphatic carboxylic acids is 1. The SMILES string of the molecule is O=C(O)CCC(NC(=O)OCC1c2ccccc2-c2ccccc21)C(=O)NCC(O)c1cnc[nH]1. The first kappa shape index (κ1) is 24.0. The van der Waals surface area contributed by atoms with Gasteiger partial charge in [0.2, 0.25) is 5.91 Å². The van der Waals surface area contributed by atoms with Gasteiger partial charge in [-0.1, -0.05) is 48.5 Å². The monoisotopic (exact) mass is 478 g/mol. The molecule has 1 heterocycles. The van der Waals surface area contributed by atoms with Gasteiger partial charge in [-0.15, -0.1) is 0 Å². The molecule has 3 aromatic rings. The van der Waals surface area contributed by atoms with E-state index in [9.17, 15) is 19.5 Å². The number of ether oxygens (including phenoxy) is 1. The van der Waals surface area contributed by atoms with E-state index in [0.717, 1.165) is 22.3 Å². The minimum Gasteiger partial charge on any atom is -0.481 e. The van der Waals surface area contributed by atoms with Crippen molar-refractivity contribution >= 4 is 18.0 Å². The van der Waals surface area contributed by atoms with E-state index in [4.69, 9.17) is 9.84 Å². The predicted molar refractivity (Wildman–Crippen MR) is 125 cm³/mol. The van der Waals surface area contributed by atoms with E-state index in [0.29, 0.717) is 5.69 Å². The van der Waals surface area contributed by atoms with E-state index in [-0.39, 0.29) is 31.9 Å². The van der Waals surface area contributed by atoms with Gasteiger partial charge in [-0.25, -0.2) is 9.78 Å². The Kier molecular flexibility index (Phi) is 7.41. The first-order chi connectivity index (χ1) is 16.9. The van der Waals surface area contributed by atoms with Crippen LogP contribution in [0, 0.1) is 0 Å². The number of carbonyl (C=O) groups is 3. The molecule has 0 fully saturated rings. The number of imidazole rings is 1. The number of hydrogen-bond acceptors (Lipinski definition) is 6. The number of carbonyl (C=O) groups excluding carboxylic acids is 2. The quantitative estimate of drug-likeness (QED) is 0.300. The summed E-state index contributed by atoms with van der Waals surface area (Å²) in [7, 11) is 0. The van der Waals surface area contributed by atoms with Crippen molar-refractivity contribution in [3.8, 4) is 11.1 Å². The van der Waals surface area contributed by atoms with Gasteiger partial charge in [-0.05, 0) is 28.7 Å². The molecular formula is C25H26N4O6. The zero-order valence-corrected chi connectivity index (χ0v) is 18.8. The zero-order valence-electron chi connectivity index (χ0n) is 18.8. The molecular weight excluding hydrogens is 452 g/mol. The van der Waals surface area contributed by atoms with Crippen LogP contribution in [0.1, 0.15) is 41.7 Å². The van der Waals surface area contributed by atoms with Crippen LogP contribution in [0.4, 0.5) is 4.79 Å². The Morgan fingerprint density at radius 2 is 1.71 bits per heavy atom. The van der Waals surface area contributed by atoms with E-state index in [2.05, 4.69) is 20.6 Å². The van der Waals surface area contributed by atoms with Crippen molar-refractivity contribution in [1.82, 2.24) is 20.6 Å². The molecule has 0 bridgehead atoms. The summed E-state index contributed by atoms with van der Waals surface area (Å²) in [4.78, 5) is 42.8. The van der Waals surface area contributed by atoms with E-state index in [1.54, 1.807) is 0 Å². The molecule has 2 aromatic carbocycles. The third-order valence-electron chi connectivity index (χ3n) is 5.95. The van der Waals surface area contributed by atoms with Gasteiger partial charge in [0, 0.05) is 18.9 Å². The molecule has 35 heavy (non-hydrogen) atoms. The van der Waals surface area contributed by atoms with Crippen LogP contribution in [0.5, 0.6) is 0 Å². The number of aromatic nitrogens is 2. The number of hydrogen-bond donors (Lipinski definition) is 5. The van der Waals surface area contributed by atoms with Crippen molar-refractivity contribution in [3.05, 3.63) is 77.9 Å². The fourth-order valence-corrected chi connectivity index (χ4v) is 4.20. The molecule has 0 saturated heterocycles. The number of carboxylic acid groups (broad SMARTS) is 1. The van der Waals surface area contributed by atoms with Crippen LogP contribution in [0.3, 0.4) is 0 Å². The van der Waals surface area contributed by atoms with E-state index < -0.39 is 30.1 Å². The lowest BCUT2D eigenvalue weighted by Gasteiger charge is -2.20. The predicted octanol–water partition coefficient (Wildman–Crippen LogP) is 2.33. The van der Waals surface area contributed by atoms with Crippen LogP contribution in [-0.4, -0.2) is 57.3 Å². The molecule has 5 N–H and O–H groups in total. The Bertz CT molecular complexity index is 1150. The number of alkyl carbamates (subject to hydrolysis) is 1. The third-order valence-corrected chi connectivity index (χ3v) is 5.95. The average Bonchev–Trinajstić information content (AvgIpc) is 3.50. The first-order valence-corrected chi connectivity index (χ1v) is 11.2. The van der Waals surface area contributed by atoms with E-state index >= 15 is 0 Å². The number of rotatable bonds is 10. The number of fused-ring (bicyclic) bond motifs is 3. The minimum absolute atomic E-state index is 0.0612. The normalized spacial score (nSPS) is 13.9. The second-order valence-electron chi connectivity index (χ2n) is 8.22. The highest BCUT2D eigenvalue weighted by Gasteiger charge is 2.30. The molecule has 0 spiro atoms. The molecule has 0 aliphatic heterocycles. The molecule has 4 rings (SSSR count).